The Morgan fingerprint density at radius 1 is 1.00 bits per heavy atom. The second-order valence-electron chi connectivity index (χ2n) is 6.17. The van der Waals surface area contributed by atoms with Crippen LogP contribution in [0, 0.1) is 6.92 Å². The molecule has 132 valence electrons. The van der Waals surface area contributed by atoms with Crippen LogP contribution in [0.4, 0.5) is 0 Å². The number of amides is 1. The Balaban J connectivity index is 1.96. The van der Waals surface area contributed by atoms with E-state index < -0.39 is 18.0 Å². The number of carbonyl (C=O) groups is 2. The fourth-order valence-electron chi connectivity index (χ4n) is 2.34. The number of carbonyl (C=O) groups excluding carboxylic acids is 2. The van der Waals surface area contributed by atoms with Gasteiger partial charge in [-0.1, -0.05) is 49.7 Å². The van der Waals surface area contributed by atoms with Gasteiger partial charge in [0.25, 0.3) is 5.91 Å². The highest BCUT2D eigenvalue weighted by Crippen LogP contribution is 2.21. The maximum atomic E-state index is 12.3. The van der Waals surface area contributed by atoms with Crippen LogP contribution in [-0.4, -0.2) is 18.0 Å². The van der Waals surface area contributed by atoms with E-state index in [9.17, 15) is 9.59 Å². The molecule has 2 aromatic carbocycles. The molecular formula is C20H23NO4. The smallest absolute Gasteiger partial charge is 0.363 e. The van der Waals surface area contributed by atoms with Crippen molar-refractivity contribution in [3.8, 4) is 5.75 Å². The van der Waals surface area contributed by atoms with Crippen LogP contribution in [-0.2, 0) is 9.63 Å². The van der Waals surface area contributed by atoms with Gasteiger partial charge in [-0.05, 0) is 43.5 Å². The van der Waals surface area contributed by atoms with Gasteiger partial charge in [0.05, 0.1) is 5.56 Å². The molecule has 1 atom stereocenters. The highest BCUT2D eigenvalue weighted by Gasteiger charge is 2.19. The van der Waals surface area contributed by atoms with E-state index >= 15 is 0 Å². The summed E-state index contributed by atoms with van der Waals surface area (Å²) in [5.74, 6) is -0.394. The number of hydrogen-bond acceptors (Lipinski definition) is 4. The van der Waals surface area contributed by atoms with Crippen molar-refractivity contribution in [2.24, 2.45) is 0 Å². The first kappa shape index (κ1) is 18.5. The van der Waals surface area contributed by atoms with Gasteiger partial charge < -0.3 is 9.57 Å². The molecule has 0 aliphatic heterocycles. The number of ether oxygens (including phenoxy) is 1. The standard InChI is InChI=1S/C20H23NO4/c1-13(2)18-12-14(3)10-11-17(18)20(23)25-21-19(22)15(4)24-16-8-6-5-7-9-16/h5-13,15H,1-4H3,(H,21,22). The minimum atomic E-state index is -0.794. The van der Waals surface area contributed by atoms with E-state index in [-0.39, 0.29) is 5.92 Å². The van der Waals surface area contributed by atoms with Crippen molar-refractivity contribution in [2.75, 3.05) is 0 Å². The maximum Gasteiger partial charge on any atom is 0.363 e. The van der Waals surface area contributed by atoms with E-state index in [0.717, 1.165) is 11.1 Å². The second-order valence-corrected chi connectivity index (χ2v) is 6.17. The summed E-state index contributed by atoms with van der Waals surface area (Å²) in [6, 6.07) is 14.5. The zero-order valence-corrected chi connectivity index (χ0v) is 14.9. The Kier molecular flexibility index (Phi) is 6.17. The molecule has 0 saturated carbocycles. The average Bonchev–Trinajstić information content (AvgIpc) is 2.60. The number of aryl methyl sites for hydroxylation is 1. The first-order valence-corrected chi connectivity index (χ1v) is 8.21. The van der Waals surface area contributed by atoms with E-state index in [1.807, 2.05) is 51.1 Å². The first-order chi connectivity index (χ1) is 11.9. The molecule has 0 fully saturated rings. The van der Waals surface area contributed by atoms with Gasteiger partial charge in [0.15, 0.2) is 6.10 Å². The van der Waals surface area contributed by atoms with Crippen molar-refractivity contribution in [3.63, 3.8) is 0 Å². The molecule has 0 spiro atoms. The van der Waals surface area contributed by atoms with Gasteiger partial charge in [0.1, 0.15) is 5.75 Å². The fourth-order valence-corrected chi connectivity index (χ4v) is 2.34. The van der Waals surface area contributed by atoms with Crippen molar-refractivity contribution in [2.45, 2.75) is 39.7 Å². The molecule has 0 aromatic heterocycles. The van der Waals surface area contributed by atoms with Crippen molar-refractivity contribution in [1.29, 1.82) is 0 Å². The van der Waals surface area contributed by atoms with Crippen LogP contribution in [0.1, 0.15) is 48.2 Å². The quantitative estimate of drug-likeness (QED) is 0.841. The van der Waals surface area contributed by atoms with E-state index in [0.29, 0.717) is 11.3 Å². The van der Waals surface area contributed by atoms with Gasteiger partial charge in [0.2, 0.25) is 0 Å². The van der Waals surface area contributed by atoms with Crippen molar-refractivity contribution < 1.29 is 19.2 Å². The molecule has 5 nitrogen and oxygen atoms in total. The Hall–Kier alpha value is -2.82. The van der Waals surface area contributed by atoms with E-state index in [1.165, 1.54) is 0 Å². The lowest BCUT2D eigenvalue weighted by molar-refractivity contribution is -0.136. The van der Waals surface area contributed by atoms with E-state index in [4.69, 9.17) is 9.57 Å². The molecule has 1 unspecified atom stereocenters. The Morgan fingerprint density at radius 2 is 1.68 bits per heavy atom. The van der Waals surface area contributed by atoms with Crippen LogP contribution in [0.5, 0.6) is 5.75 Å². The Bertz CT molecular complexity index is 741. The summed E-state index contributed by atoms with van der Waals surface area (Å²) in [7, 11) is 0. The molecule has 0 saturated heterocycles. The van der Waals surface area contributed by atoms with Gasteiger partial charge in [-0.3, -0.25) is 4.79 Å². The molecule has 2 aromatic rings. The van der Waals surface area contributed by atoms with Crippen molar-refractivity contribution in [1.82, 2.24) is 5.48 Å². The molecular weight excluding hydrogens is 318 g/mol. The number of para-hydroxylation sites is 1. The zero-order valence-electron chi connectivity index (χ0n) is 14.9. The van der Waals surface area contributed by atoms with Gasteiger partial charge in [-0.15, -0.1) is 0 Å². The molecule has 1 N–H and O–H groups in total. The molecule has 0 radical (unpaired) electrons. The average molecular weight is 341 g/mol. The number of hydrogen-bond donors (Lipinski definition) is 1. The lowest BCUT2D eigenvalue weighted by Crippen LogP contribution is -2.37. The minimum Gasteiger partial charge on any atom is -0.481 e. The summed E-state index contributed by atoms with van der Waals surface area (Å²) < 4.78 is 5.49. The topological polar surface area (TPSA) is 64.6 Å². The van der Waals surface area contributed by atoms with Gasteiger partial charge >= 0.3 is 5.97 Å². The van der Waals surface area contributed by atoms with Gasteiger partial charge in [0, 0.05) is 0 Å². The van der Waals surface area contributed by atoms with Crippen LogP contribution in [0.25, 0.3) is 0 Å². The highest BCUT2D eigenvalue weighted by molar-refractivity contribution is 5.92. The zero-order chi connectivity index (χ0) is 18.4. The summed E-state index contributed by atoms with van der Waals surface area (Å²) >= 11 is 0. The molecule has 0 heterocycles. The molecule has 2 rings (SSSR count). The van der Waals surface area contributed by atoms with Gasteiger partial charge in [-0.25, -0.2) is 4.79 Å². The molecule has 1 amide bonds. The third-order valence-electron chi connectivity index (χ3n) is 3.72. The lowest BCUT2D eigenvalue weighted by Gasteiger charge is -2.16. The van der Waals surface area contributed by atoms with Crippen LogP contribution in [0.15, 0.2) is 48.5 Å². The molecule has 5 heteroatoms. The number of rotatable bonds is 5. The molecule has 0 bridgehead atoms. The maximum absolute atomic E-state index is 12.3. The monoisotopic (exact) mass is 341 g/mol. The van der Waals surface area contributed by atoms with Crippen LogP contribution in [0.3, 0.4) is 0 Å². The Morgan fingerprint density at radius 3 is 2.32 bits per heavy atom. The normalized spacial score (nSPS) is 11.7. The van der Waals surface area contributed by atoms with Crippen LogP contribution in [0.2, 0.25) is 0 Å². The summed E-state index contributed by atoms with van der Waals surface area (Å²) in [5.41, 5.74) is 4.56. The number of hydroxylamine groups is 1. The van der Waals surface area contributed by atoms with E-state index in [2.05, 4.69) is 5.48 Å². The summed E-state index contributed by atoms with van der Waals surface area (Å²) in [5, 5.41) is 0. The van der Waals surface area contributed by atoms with Crippen LogP contribution < -0.4 is 10.2 Å². The summed E-state index contributed by atoms with van der Waals surface area (Å²) in [6.45, 7) is 7.55. The van der Waals surface area contributed by atoms with Crippen molar-refractivity contribution in [3.05, 3.63) is 65.2 Å². The third-order valence-corrected chi connectivity index (χ3v) is 3.72. The Labute approximate surface area is 147 Å². The third kappa shape index (κ3) is 5.08. The predicted octanol–water partition coefficient (Wildman–Crippen LogP) is 3.77. The number of nitrogens with one attached hydrogen (secondary N) is 1. The predicted molar refractivity (Wildman–Crippen MR) is 95.4 cm³/mol. The molecule has 0 aliphatic carbocycles. The number of benzene rings is 2. The largest absolute Gasteiger partial charge is 0.481 e. The highest BCUT2D eigenvalue weighted by atomic mass is 16.7. The summed E-state index contributed by atoms with van der Waals surface area (Å²) in [6.07, 6.45) is -0.794. The first-order valence-electron chi connectivity index (χ1n) is 8.21. The SMILES string of the molecule is Cc1ccc(C(=O)ONC(=O)C(C)Oc2ccccc2)c(C(C)C)c1. The van der Waals surface area contributed by atoms with Crippen LogP contribution >= 0.6 is 0 Å². The summed E-state index contributed by atoms with van der Waals surface area (Å²) in [4.78, 5) is 29.3. The minimum absolute atomic E-state index is 0.165. The molecule has 25 heavy (non-hydrogen) atoms. The van der Waals surface area contributed by atoms with E-state index in [1.54, 1.807) is 25.1 Å². The molecule has 0 aliphatic rings. The van der Waals surface area contributed by atoms with Crippen molar-refractivity contribution >= 4 is 11.9 Å². The second kappa shape index (κ2) is 8.33. The fraction of sp³-hybridized carbons (Fsp3) is 0.300. The lowest BCUT2D eigenvalue weighted by atomic mass is 9.95. The van der Waals surface area contributed by atoms with Gasteiger partial charge in [-0.2, -0.15) is 5.48 Å².